The SMILES string of the molecule is COc1ccc(CN[C@@H]2CCN(S(C)(=O)=O)C[C@@H]2C)cc1Cl. The maximum Gasteiger partial charge on any atom is 0.211 e. The van der Waals surface area contributed by atoms with E-state index in [2.05, 4.69) is 12.2 Å². The molecule has 7 heteroatoms. The zero-order valence-corrected chi connectivity index (χ0v) is 14.7. The molecule has 2 rings (SSSR count). The minimum Gasteiger partial charge on any atom is -0.495 e. The van der Waals surface area contributed by atoms with Crippen LogP contribution in [0, 0.1) is 5.92 Å². The number of methoxy groups -OCH3 is 1. The number of benzene rings is 1. The number of piperidine rings is 1. The molecule has 124 valence electrons. The van der Waals surface area contributed by atoms with Gasteiger partial charge in [0.25, 0.3) is 0 Å². The Morgan fingerprint density at radius 2 is 2.18 bits per heavy atom. The molecule has 1 aliphatic heterocycles. The van der Waals surface area contributed by atoms with E-state index in [0.717, 1.165) is 12.0 Å². The number of rotatable bonds is 5. The largest absolute Gasteiger partial charge is 0.495 e. The van der Waals surface area contributed by atoms with Crippen LogP contribution in [-0.4, -0.2) is 45.2 Å². The lowest BCUT2D eigenvalue weighted by atomic mass is 9.95. The summed E-state index contributed by atoms with van der Waals surface area (Å²) in [6.07, 6.45) is 2.09. The van der Waals surface area contributed by atoms with Crippen LogP contribution in [0.25, 0.3) is 0 Å². The van der Waals surface area contributed by atoms with Crippen molar-refractivity contribution in [2.75, 3.05) is 26.5 Å². The summed E-state index contributed by atoms with van der Waals surface area (Å²) in [6, 6.07) is 6.03. The molecule has 1 aromatic rings. The molecular formula is C15H23ClN2O3S. The Bertz CT molecular complexity index is 621. The summed E-state index contributed by atoms with van der Waals surface area (Å²) in [5, 5.41) is 4.10. The van der Waals surface area contributed by atoms with Gasteiger partial charge < -0.3 is 10.1 Å². The second-order valence-electron chi connectivity index (χ2n) is 5.84. The summed E-state index contributed by atoms with van der Waals surface area (Å²) in [5.41, 5.74) is 1.09. The van der Waals surface area contributed by atoms with Crippen molar-refractivity contribution < 1.29 is 13.2 Å². The number of hydrogen-bond donors (Lipinski definition) is 1. The van der Waals surface area contributed by atoms with Gasteiger partial charge in [-0.2, -0.15) is 0 Å². The second kappa shape index (κ2) is 7.17. The molecule has 0 aliphatic carbocycles. The molecule has 2 atom stereocenters. The lowest BCUT2D eigenvalue weighted by Gasteiger charge is -2.36. The third-order valence-electron chi connectivity index (χ3n) is 4.12. The van der Waals surface area contributed by atoms with Crippen LogP contribution in [0.3, 0.4) is 0 Å². The van der Waals surface area contributed by atoms with E-state index < -0.39 is 10.0 Å². The smallest absolute Gasteiger partial charge is 0.211 e. The van der Waals surface area contributed by atoms with Crippen molar-refractivity contribution in [3.8, 4) is 5.75 Å². The van der Waals surface area contributed by atoms with Crippen LogP contribution < -0.4 is 10.1 Å². The van der Waals surface area contributed by atoms with Gasteiger partial charge in [-0.15, -0.1) is 0 Å². The van der Waals surface area contributed by atoms with E-state index in [9.17, 15) is 8.42 Å². The van der Waals surface area contributed by atoms with E-state index in [1.807, 2.05) is 18.2 Å². The van der Waals surface area contributed by atoms with E-state index in [-0.39, 0.29) is 5.92 Å². The average Bonchev–Trinajstić information content (AvgIpc) is 2.45. The molecule has 22 heavy (non-hydrogen) atoms. The number of nitrogens with zero attached hydrogens (tertiary/aromatic N) is 1. The van der Waals surface area contributed by atoms with Crippen LogP contribution in [-0.2, 0) is 16.6 Å². The standard InChI is InChI=1S/C15H23ClN2O3S/c1-11-10-18(22(3,19)20)7-6-14(11)17-9-12-4-5-15(21-2)13(16)8-12/h4-5,8,11,14,17H,6-7,9-10H2,1-3H3/t11-,14+/m0/s1. The van der Waals surface area contributed by atoms with Crippen molar-refractivity contribution in [2.45, 2.75) is 25.9 Å². The molecule has 0 spiro atoms. The van der Waals surface area contributed by atoms with E-state index in [0.29, 0.717) is 36.4 Å². The molecular weight excluding hydrogens is 324 g/mol. The molecule has 0 aromatic heterocycles. The van der Waals surface area contributed by atoms with Gasteiger partial charge >= 0.3 is 0 Å². The van der Waals surface area contributed by atoms with Crippen molar-refractivity contribution in [1.29, 1.82) is 0 Å². The van der Waals surface area contributed by atoms with Crippen molar-refractivity contribution >= 4 is 21.6 Å². The Morgan fingerprint density at radius 1 is 1.45 bits per heavy atom. The van der Waals surface area contributed by atoms with Crippen molar-refractivity contribution in [3.05, 3.63) is 28.8 Å². The molecule has 5 nitrogen and oxygen atoms in total. The van der Waals surface area contributed by atoms with Crippen molar-refractivity contribution in [1.82, 2.24) is 9.62 Å². The summed E-state index contributed by atoms with van der Waals surface area (Å²) in [4.78, 5) is 0. The van der Waals surface area contributed by atoms with Crippen LogP contribution in [0.5, 0.6) is 5.75 Å². The Kier molecular flexibility index (Phi) is 5.71. The summed E-state index contributed by atoms with van der Waals surface area (Å²) in [5.74, 6) is 0.942. The first-order chi connectivity index (χ1) is 10.3. The predicted molar refractivity (Wildman–Crippen MR) is 88.8 cm³/mol. The fourth-order valence-corrected chi connectivity index (χ4v) is 4.00. The minimum atomic E-state index is -3.09. The van der Waals surface area contributed by atoms with Gasteiger partial charge in [-0.3, -0.25) is 0 Å². The normalized spacial score (nSPS) is 23.5. The zero-order valence-electron chi connectivity index (χ0n) is 13.2. The average molecular weight is 347 g/mol. The lowest BCUT2D eigenvalue weighted by molar-refractivity contribution is 0.220. The number of sulfonamides is 1. The van der Waals surface area contributed by atoms with Crippen LogP contribution in [0.1, 0.15) is 18.9 Å². The molecule has 0 saturated carbocycles. The van der Waals surface area contributed by atoms with Crippen LogP contribution in [0.15, 0.2) is 18.2 Å². The third kappa shape index (κ3) is 4.35. The first kappa shape index (κ1) is 17.5. The van der Waals surface area contributed by atoms with E-state index in [4.69, 9.17) is 16.3 Å². The van der Waals surface area contributed by atoms with Gasteiger partial charge in [0.05, 0.1) is 18.4 Å². The quantitative estimate of drug-likeness (QED) is 0.887. The minimum absolute atomic E-state index is 0.275. The van der Waals surface area contributed by atoms with E-state index >= 15 is 0 Å². The number of halogens is 1. The predicted octanol–water partition coefficient (Wildman–Crippen LogP) is 2.11. The molecule has 0 unspecified atom stereocenters. The molecule has 1 fully saturated rings. The van der Waals surface area contributed by atoms with Crippen molar-refractivity contribution in [3.63, 3.8) is 0 Å². The van der Waals surface area contributed by atoms with Gasteiger partial charge in [0, 0.05) is 25.7 Å². The number of nitrogens with one attached hydrogen (secondary N) is 1. The van der Waals surface area contributed by atoms with Crippen LogP contribution in [0.2, 0.25) is 5.02 Å². The van der Waals surface area contributed by atoms with E-state index in [1.165, 1.54) is 6.26 Å². The molecule has 0 radical (unpaired) electrons. The van der Waals surface area contributed by atoms with E-state index in [1.54, 1.807) is 11.4 Å². The highest BCUT2D eigenvalue weighted by Crippen LogP contribution is 2.25. The molecule has 1 N–H and O–H groups in total. The maximum absolute atomic E-state index is 11.6. The first-order valence-corrected chi connectivity index (χ1v) is 9.55. The molecule has 1 aromatic carbocycles. The molecule has 1 aliphatic rings. The lowest BCUT2D eigenvalue weighted by Crippen LogP contribution is -2.49. The Morgan fingerprint density at radius 3 is 2.73 bits per heavy atom. The summed E-state index contributed by atoms with van der Waals surface area (Å²) in [6.45, 7) is 3.93. The van der Waals surface area contributed by atoms with Gasteiger partial charge in [0.2, 0.25) is 10.0 Å². The van der Waals surface area contributed by atoms with Gasteiger partial charge in [-0.1, -0.05) is 24.6 Å². The van der Waals surface area contributed by atoms with Gasteiger partial charge in [-0.05, 0) is 30.0 Å². The summed E-state index contributed by atoms with van der Waals surface area (Å²) in [7, 11) is -1.49. The molecule has 1 saturated heterocycles. The van der Waals surface area contributed by atoms with Gasteiger partial charge in [-0.25, -0.2) is 12.7 Å². The first-order valence-electron chi connectivity index (χ1n) is 7.32. The third-order valence-corrected chi connectivity index (χ3v) is 5.69. The fraction of sp³-hybridized carbons (Fsp3) is 0.600. The van der Waals surface area contributed by atoms with Crippen LogP contribution in [0.4, 0.5) is 0 Å². The number of hydrogen-bond acceptors (Lipinski definition) is 4. The fourth-order valence-electron chi connectivity index (χ4n) is 2.78. The van der Waals surface area contributed by atoms with Gasteiger partial charge in [0.1, 0.15) is 5.75 Å². The number of ether oxygens (including phenoxy) is 1. The highest BCUT2D eigenvalue weighted by atomic mass is 35.5. The van der Waals surface area contributed by atoms with Gasteiger partial charge in [0.15, 0.2) is 0 Å². The van der Waals surface area contributed by atoms with Crippen molar-refractivity contribution in [2.24, 2.45) is 5.92 Å². The second-order valence-corrected chi connectivity index (χ2v) is 8.23. The Balaban J connectivity index is 1.91. The molecule has 0 amide bonds. The highest BCUT2D eigenvalue weighted by molar-refractivity contribution is 7.88. The topological polar surface area (TPSA) is 58.6 Å². The Labute approximate surface area is 137 Å². The molecule has 1 heterocycles. The monoisotopic (exact) mass is 346 g/mol. The van der Waals surface area contributed by atoms with Crippen LogP contribution >= 0.6 is 11.6 Å². The maximum atomic E-state index is 11.6. The Hall–Kier alpha value is -0.820. The summed E-state index contributed by atoms with van der Waals surface area (Å²) >= 11 is 6.12. The zero-order chi connectivity index (χ0) is 16.3. The molecule has 0 bridgehead atoms. The summed E-state index contributed by atoms with van der Waals surface area (Å²) < 4.78 is 29.9. The highest BCUT2D eigenvalue weighted by Gasteiger charge is 2.29.